The second-order valence-electron chi connectivity index (χ2n) is 4.10. The molecule has 0 bridgehead atoms. The maximum absolute atomic E-state index is 4.61. The van der Waals surface area contributed by atoms with Gasteiger partial charge in [0, 0.05) is 11.3 Å². The first-order valence-corrected chi connectivity index (χ1v) is 5.50. The molecule has 0 aliphatic rings. The van der Waals surface area contributed by atoms with Crippen molar-refractivity contribution in [2.45, 2.75) is 39.2 Å². The quantitative estimate of drug-likeness (QED) is 0.807. The SMILES string of the molecule is CNC(C)(C)c1csc(C(C)C)n1. The average molecular weight is 198 g/mol. The van der Waals surface area contributed by atoms with Crippen LogP contribution in [0, 0.1) is 0 Å². The molecule has 0 radical (unpaired) electrons. The Kier molecular flexibility index (Phi) is 3.09. The number of aromatic nitrogens is 1. The van der Waals surface area contributed by atoms with Gasteiger partial charge in [0.1, 0.15) is 0 Å². The third-order valence-electron chi connectivity index (χ3n) is 2.28. The van der Waals surface area contributed by atoms with Crippen LogP contribution < -0.4 is 5.32 Å². The van der Waals surface area contributed by atoms with Gasteiger partial charge in [-0.05, 0) is 20.9 Å². The Morgan fingerprint density at radius 2 is 2.08 bits per heavy atom. The molecule has 0 saturated heterocycles. The first-order chi connectivity index (χ1) is 5.97. The van der Waals surface area contributed by atoms with E-state index in [0.29, 0.717) is 5.92 Å². The highest BCUT2D eigenvalue weighted by molar-refractivity contribution is 7.09. The molecule has 0 fully saturated rings. The van der Waals surface area contributed by atoms with Gasteiger partial charge in [0.25, 0.3) is 0 Å². The predicted octanol–water partition coefficient (Wildman–Crippen LogP) is 2.72. The van der Waals surface area contributed by atoms with Gasteiger partial charge < -0.3 is 5.32 Å². The molecular formula is C10H18N2S. The van der Waals surface area contributed by atoms with Crippen LogP contribution in [0.5, 0.6) is 0 Å². The van der Waals surface area contributed by atoms with Crippen molar-refractivity contribution >= 4 is 11.3 Å². The van der Waals surface area contributed by atoms with Gasteiger partial charge in [0.2, 0.25) is 0 Å². The third kappa shape index (κ3) is 2.29. The number of rotatable bonds is 3. The van der Waals surface area contributed by atoms with E-state index >= 15 is 0 Å². The maximum Gasteiger partial charge on any atom is 0.0954 e. The molecule has 3 heteroatoms. The van der Waals surface area contributed by atoms with E-state index in [0.717, 1.165) is 5.69 Å². The summed E-state index contributed by atoms with van der Waals surface area (Å²) in [7, 11) is 1.97. The molecule has 0 amide bonds. The van der Waals surface area contributed by atoms with E-state index in [2.05, 4.69) is 43.4 Å². The predicted molar refractivity (Wildman–Crippen MR) is 58.3 cm³/mol. The van der Waals surface area contributed by atoms with Crippen LogP contribution in [0.1, 0.15) is 44.3 Å². The van der Waals surface area contributed by atoms with Crippen molar-refractivity contribution in [1.82, 2.24) is 10.3 Å². The molecule has 0 atom stereocenters. The molecule has 1 heterocycles. The lowest BCUT2D eigenvalue weighted by Gasteiger charge is -2.21. The van der Waals surface area contributed by atoms with E-state index < -0.39 is 0 Å². The molecule has 2 nitrogen and oxygen atoms in total. The Morgan fingerprint density at radius 3 is 2.46 bits per heavy atom. The summed E-state index contributed by atoms with van der Waals surface area (Å²) in [5.41, 5.74) is 1.13. The first kappa shape index (κ1) is 10.7. The molecule has 74 valence electrons. The van der Waals surface area contributed by atoms with Crippen molar-refractivity contribution in [3.05, 3.63) is 16.1 Å². The molecule has 0 aliphatic carbocycles. The highest BCUT2D eigenvalue weighted by Gasteiger charge is 2.21. The van der Waals surface area contributed by atoms with Gasteiger partial charge >= 0.3 is 0 Å². The number of nitrogens with one attached hydrogen (secondary N) is 1. The van der Waals surface area contributed by atoms with Crippen LogP contribution in [0.3, 0.4) is 0 Å². The third-order valence-corrected chi connectivity index (χ3v) is 3.43. The molecule has 0 saturated carbocycles. The van der Waals surface area contributed by atoms with Crippen LogP contribution >= 0.6 is 11.3 Å². The van der Waals surface area contributed by atoms with Crippen molar-refractivity contribution in [2.24, 2.45) is 0 Å². The number of hydrogen-bond acceptors (Lipinski definition) is 3. The zero-order chi connectivity index (χ0) is 10.1. The second-order valence-corrected chi connectivity index (χ2v) is 4.99. The van der Waals surface area contributed by atoms with Crippen LogP contribution in [0.15, 0.2) is 5.38 Å². The largest absolute Gasteiger partial charge is 0.310 e. The topological polar surface area (TPSA) is 24.9 Å². The maximum atomic E-state index is 4.61. The lowest BCUT2D eigenvalue weighted by molar-refractivity contribution is 0.432. The molecule has 0 aromatic carbocycles. The monoisotopic (exact) mass is 198 g/mol. The van der Waals surface area contributed by atoms with Crippen molar-refractivity contribution in [1.29, 1.82) is 0 Å². The molecule has 0 aliphatic heterocycles. The van der Waals surface area contributed by atoms with Gasteiger partial charge in [0.15, 0.2) is 0 Å². The van der Waals surface area contributed by atoms with E-state index in [1.807, 2.05) is 7.05 Å². The van der Waals surface area contributed by atoms with Gasteiger partial charge in [-0.25, -0.2) is 4.98 Å². The Morgan fingerprint density at radius 1 is 1.46 bits per heavy atom. The molecular weight excluding hydrogens is 180 g/mol. The second kappa shape index (κ2) is 3.76. The lowest BCUT2D eigenvalue weighted by Crippen LogP contribution is -2.33. The summed E-state index contributed by atoms with van der Waals surface area (Å²) in [6.45, 7) is 8.64. The van der Waals surface area contributed by atoms with Crippen molar-refractivity contribution in [3.63, 3.8) is 0 Å². The van der Waals surface area contributed by atoms with E-state index in [4.69, 9.17) is 0 Å². The molecule has 1 N–H and O–H groups in total. The van der Waals surface area contributed by atoms with Gasteiger partial charge in [-0.3, -0.25) is 0 Å². The minimum absolute atomic E-state index is 0.0103. The molecule has 1 aromatic heterocycles. The standard InChI is InChI=1S/C10H18N2S/c1-7(2)9-12-8(6-13-9)10(3,4)11-5/h6-7,11H,1-5H3. The number of hydrogen-bond donors (Lipinski definition) is 1. The molecule has 1 rings (SSSR count). The minimum Gasteiger partial charge on any atom is -0.310 e. The highest BCUT2D eigenvalue weighted by atomic mass is 32.1. The van der Waals surface area contributed by atoms with Crippen LogP contribution in [-0.4, -0.2) is 12.0 Å². The van der Waals surface area contributed by atoms with E-state index in [-0.39, 0.29) is 5.54 Å². The van der Waals surface area contributed by atoms with Gasteiger partial charge in [-0.1, -0.05) is 13.8 Å². The fourth-order valence-corrected chi connectivity index (χ4v) is 1.97. The zero-order valence-corrected chi connectivity index (χ0v) is 9.83. The summed E-state index contributed by atoms with van der Waals surface area (Å²) in [5, 5.41) is 6.62. The van der Waals surface area contributed by atoms with Crippen molar-refractivity contribution in [2.75, 3.05) is 7.05 Å². The van der Waals surface area contributed by atoms with Crippen molar-refractivity contribution in [3.8, 4) is 0 Å². The highest BCUT2D eigenvalue weighted by Crippen LogP contribution is 2.25. The number of nitrogens with zero attached hydrogens (tertiary/aromatic N) is 1. The fraction of sp³-hybridized carbons (Fsp3) is 0.700. The normalized spacial score (nSPS) is 12.5. The average Bonchev–Trinajstić information content (AvgIpc) is 2.52. The molecule has 0 spiro atoms. The lowest BCUT2D eigenvalue weighted by atomic mass is 10.0. The summed E-state index contributed by atoms with van der Waals surface area (Å²) in [6.07, 6.45) is 0. The molecule has 1 aromatic rings. The molecule has 13 heavy (non-hydrogen) atoms. The van der Waals surface area contributed by atoms with Gasteiger partial charge in [-0.2, -0.15) is 0 Å². The Labute approximate surface area is 84.4 Å². The summed E-state index contributed by atoms with van der Waals surface area (Å²) < 4.78 is 0. The van der Waals surface area contributed by atoms with E-state index in [9.17, 15) is 0 Å². The van der Waals surface area contributed by atoms with E-state index in [1.165, 1.54) is 5.01 Å². The summed E-state index contributed by atoms with van der Waals surface area (Å²) >= 11 is 1.75. The summed E-state index contributed by atoms with van der Waals surface area (Å²) in [5.74, 6) is 0.534. The van der Waals surface area contributed by atoms with Crippen LogP contribution in [-0.2, 0) is 5.54 Å². The summed E-state index contributed by atoms with van der Waals surface area (Å²) in [6, 6.07) is 0. The van der Waals surface area contributed by atoms with Crippen LogP contribution in [0.4, 0.5) is 0 Å². The zero-order valence-electron chi connectivity index (χ0n) is 9.01. The Bertz CT molecular complexity index is 276. The first-order valence-electron chi connectivity index (χ1n) is 4.62. The Balaban J connectivity index is 2.91. The minimum atomic E-state index is -0.0103. The molecule has 0 unspecified atom stereocenters. The van der Waals surface area contributed by atoms with E-state index in [1.54, 1.807) is 11.3 Å². The van der Waals surface area contributed by atoms with Gasteiger partial charge in [-0.15, -0.1) is 11.3 Å². The fourth-order valence-electron chi connectivity index (χ4n) is 0.968. The van der Waals surface area contributed by atoms with Crippen LogP contribution in [0.25, 0.3) is 0 Å². The Hall–Kier alpha value is -0.410. The smallest absolute Gasteiger partial charge is 0.0954 e. The number of thiazole rings is 1. The van der Waals surface area contributed by atoms with Gasteiger partial charge in [0.05, 0.1) is 16.2 Å². The van der Waals surface area contributed by atoms with Crippen LogP contribution in [0.2, 0.25) is 0 Å². The van der Waals surface area contributed by atoms with Crippen molar-refractivity contribution < 1.29 is 0 Å². The summed E-state index contributed by atoms with van der Waals surface area (Å²) in [4.78, 5) is 4.61.